The van der Waals surface area contributed by atoms with Crippen LogP contribution >= 0.6 is 0 Å². The van der Waals surface area contributed by atoms with E-state index in [1.165, 1.54) is 0 Å². The number of amides is 2. The van der Waals surface area contributed by atoms with Crippen molar-refractivity contribution in [3.63, 3.8) is 0 Å². The van der Waals surface area contributed by atoms with Gasteiger partial charge in [0, 0.05) is 19.0 Å². The van der Waals surface area contributed by atoms with Crippen molar-refractivity contribution in [3.8, 4) is 0 Å². The van der Waals surface area contributed by atoms with Crippen molar-refractivity contribution in [1.82, 2.24) is 10.6 Å². The summed E-state index contributed by atoms with van der Waals surface area (Å²) in [6, 6.07) is -0.249. The minimum atomic E-state index is -0.379. The molecule has 2 amide bonds. The maximum Gasteiger partial charge on any atom is 0.314 e. The van der Waals surface area contributed by atoms with Gasteiger partial charge in [-0.3, -0.25) is 0 Å². The molecule has 0 radical (unpaired) electrons. The molecule has 0 fully saturated rings. The summed E-state index contributed by atoms with van der Waals surface area (Å²) in [5, 5.41) is 14.5. The highest BCUT2D eigenvalue weighted by molar-refractivity contribution is 5.73. The maximum absolute atomic E-state index is 11.0. The fraction of sp³-hybridized carbons (Fsp3) is 0.545. The number of carbonyl (C=O) groups excluding carboxylic acids is 1. The summed E-state index contributed by atoms with van der Waals surface area (Å²) in [7, 11) is 1.55. The van der Waals surface area contributed by atoms with Gasteiger partial charge in [0.15, 0.2) is 0 Å². The molecule has 15 heavy (non-hydrogen) atoms. The molecule has 0 aromatic carbocycles. The highest BCUT2D eigenvalue weighted by atomic mass is 16.3. The number of urea groups is 1. The van der Waals surface area contributed by atoms with Crippen LogP contribution in [-0.2, 0) is 0 Å². The Morgan fingerprint density at radius 1 is 1.40 bits per heavy atom. The topological polar surface area (TPSA) is 61.4 Å². The Morgan fingerprint density at radius 3 is 2.27 bits per heavy atom. The molecule has 86 valence electrons. The van der Waals surface area contributed by atoms with E-state index in [1.807, 2.05) is 0 Å². The van der Waals surface area contributed by atoms with E-state index in [0.29, 0.717) is 19.4 Å². The van der Waals surface area contributed by atoms with Gasteiger partial charge in [0.1, 0.15) is 0 Å². The molecule has 0 aromatic rings. The summed E-state index contributed by atoms with van der Waals surface area (Å²) in [4.78, 5) is 11.0. The van der Waals surface area contributed by atoms with Crippen LogP contribution in [0.2, 0.25) is 0 Å². The van der Waals surface area contributed by atoms with Gasteiger partial charge in [0.2, 0.25) is 0 Å². The van der Waals surface area contributed by atoms with Crippen LogP contribution in [-0.4, -0.2) is 31.3 Å². The molecule has 0 aliphatic rings. The number of rotatable bonds is 7. The molecule has 0 aliphatic heterocycles. The van der Waals surface area contributed by atoms with Crippen LogP contribution in [0.1, 0.15) is 12.8 Å². The standard InChI is InChI=1S/C11H20N2O2/c1-4-6-11(9-14,7-5-2)8-13-10(15)12-3/h4-5,14H,1-2,6-9H2,3H3,(H2,12,13,15). The van der Waals surface area contributed by atoms with Gasteiger partial charge in [-0.1, -0.05) is 12.2 Å². The third-order valence-corrected chi connectivity index (χ3v) is 2.34. The first-order valence-electron chi connectivity index (χ1n) is 4.92. The van der Waals surface area contributed by atoms with Crippen molar-refractivity contribution < 1.29 is 9.90 Å². The number of aliphatic hydroxyl groups excluding tert-OH is 1. The first-order chi connectivity index (χ1) is 7.14. The summed E-state index contributed by atoms with van der Waals surface area (Å²) in [6.07, 6.45) is 4.76. The maximum atomic E-state index is 11.0. The molecule has 3 N–H and O–H groups in total. The second kappa shape index (κ2) is 7.06. The second-order valence-corrected chi connectivity index (χ2v) is 3.58. The van der Waals surface area contributed by atoms with E-state index in [4.69, 9.17) is 0 Å². The number of allylic oxidation sites excluding steroid dienone is 2. The molecule has 4 nitrogen and oxygen atoms in total. The van der Waals surface area contributed by atoms with Crippen LogP contribution in [0.3, 0.4) is 0 Å². The van der Waals surface area contributed by atoms with Crippen molar-refractivity contribution in [1.29, 1.82) is 0 Å². The van der Waals surface area contributed by atoms with Gasteiger partial charge in [-0.05, 0) is 12.8 Å². The van der Waals surface area contributed by atoms with Crippen LogP contribution in [0.5, 0.6) is 0 Å². The van der Waals surface area contributed by atoms with Crippen molar-refractivity contribution in [2.45, 2.75) is 12.8 Å². The van der Waals surface area contributed by atoms with E-state index in [-0.39, 0.29) is 18.1 Å². The van der Waals surface area contributed by atoms with Gasteiger partial charge >= 0.3 is 6.03 Å². The van der Waals surface area contributed by atoms with Gasteiger partial charge in [-0.25, -0.2) is 4.79 Å². The Morgan fingerprint density at radius 2 is 1.93 bits per heavy atom. The lowest BCUT2D eigenvalue weighted by molar-refractivity contribution is 0.128. The first-order valence-corrected chi connectivity index (χ1v) is 4.92. The molecule has 0 rings (SSSR count). The first kappa shape index (κ1) is 13.7. The van der Waals surface area contributed by atoms with E-state index in [1.54, 1.807) is 19.2 Å². The molecule has 0 heterocycles. The molecule has 0 aromatic heterocycles. The number of carbonyl (C=O) groups is 1. The fourth-order valence-corrected chi connectivity index (χ4v) is 1.38. The van der Waals surface area contributed by atoms with Crippen molar-refractivity contribution in [2.24, 2.45) is 5.41 Å². The molecule has 0 unspecified atom stereocenters. The zero-order chi connectivity index (χ0) is 11.7. The van der Waals surface area contributed by atoms with E-state index in [2.05, 4.69) is 23.8 Å². The van der Waals surface area contributed by atoms with Crippen LogP contribution < -0.4 is 10.6 Å². The van der Waals surface area contributed by atoms with Crippen molar-refractivity contribution >= 4 is 6.03 Å². The number of aliphatic hydroxyl groups is 1. The molecular weight excluding hydrogens is 192 g/mol. The highest BCUT2D eigenvalue weighted by Gasteiger charge is 2.27. The minimum Gasteiger partial charge on any atom is -0.396 e. The molecule has 0 spiro atoms. The average molecular weight is 212 g/mol. The van der Waals surface area contributed by atoms with Gasteiger partial charge in [-0.15, -0.1) is 13.2 Å². The SMILES string of the molecule is C=CCC(CO)(CC=C)CNC(=O)NC. The molecule has 0 saturated heterocycles. The molecule has 0 bridgehead atoms. The van der Waals surface area contributed by atoms with Crippen molar-refractivity contribution in [2.75, 3.05) is 20.2 Å². The van der Waals surface area contributed by atoms with Crippen LogP contribution in [0.25, 0.3) is 0 Å². The van der Waals surface area contributed by atoms with E-state index < -0.39 is 0 Å². The van der Waals surface area contributed by atoms with Crippen LogP contribution in [0, 0.1) is 5.41 Å². The van der Waals surface area contributed by atoms with E-state index in [9.17, 15) is 9.90 Å². The summed E-state index contributed by atoms with van der Waals surface area (Å²) < 4.78 is 0. The lowest BCUT2D eigenvalue weighted by atomic mass is 9.82. The van der Waals surface area contributed by atoms with Gasteiger partial charge in [0.25, 0.3) is 0 Å². The monoisotopic (exact) mass is 212 g/mol. The molecule has 4 heteroatoms. The summed E-state index contributed by atoms with van der Waals surface area (Å²) in [5.41, 5.74) is -0.379. The zero-order valence-corrected chi connectivity index (χ0v) is 9.25. The predicted octanol–water partition coefficient (Wildman–Crippen LogP) is 1.05. The van der Waals surface area contributed by atoms with Gasteiger partial charge in [-0.2, -0.15) is 0 Å². The molecule has 0 atom stereocenters. The van der Waals surface area contributed by atoms with Gasteiger partial charge in [0.05, 0.1) is 6.61 Å². The Kier molecular flexibility index (Phi) is 6.45. The smallest absolute Gasteiger partial charge is 0.314 e. The summed E-state index contributed by atoms with van der Waals surface area (Å²) in [5.74, 6) is 0. The average Bonchev–Trinajstić information content (AvgIpc) is 2.26. The van der Waals surface area contributed by atoms with Crippen molar-refractivity contribution in [3.05, 3.63) is 25.3 Å². The Hall–Kier alpha value is -1.29. The van der Waals surface area contributed by atoms with Crippen LogP contribution in [0.4, 0.5) is 4.79 Å². The number of hydrogen-bond acceptors (Lipinski definition) is 2. The zero-order valence-electron chi connectivity index (χ0n) is 9.25. The third-order valence-electron chi connectivity index (χ3n) is 2.34. The molecular formula is C11H20N2O2. The van der Waals surface area contributed by atoms with E-state index in [0.717, 1.165) is 0 Å². The Labute approximate surface area is 91.1 Å². The summed E-state index contributed by atoms with van der Waals surface area (Å²) in [6.45, 7) is 7.70. The Bertz CT molecular complexity index is 217. The second-order valence-electron chi connectivity index (χ2n) is 3.58. The third kappa shape index (κ3) is 4.65. The van der Waals surface area contributed by atoms with E-state index >= 15 is 0 Å². The predicted molar refractivity (Wildman–Crippen MR) is 61.6 cm³/mol. The number of hydrogen-bond donors (Lipinski definition) is 3. The van der Waals surface area contributed by atoms with Crippen LogP contribution in [0.15, 0.2) is 25.3 Å². The fourth-order valence-electron chi connectivity index (χ4n) is 1.38. The molecule has 0 aliphatic carbocycles. The normalized spacial score (nSPS) is 10.5. The number of nitrogens with one attached hydrogen (secondary N) is 2. The van der Waals surface area contributed by atoms with Gasteiger partial charge < -0.3 is 15.7 Å². The minimum absolute atomic E-state index is 0.00493. The Balaban J connectivity index is 4.38. The largest absolute Gasteiger partial charge is 0.396 e. The quantitative estimate of drug-likeness (QED) is 0.552. The molecule has 0 saturated carbocycles. The lowest BCUT2D eigenvalue weighted by Crippen LogP contribution is -2.43. The highest BCUT2D eigenvalue weighted by Crippen LogP contribution is 2.26. The summed E-state index contributed by atoms with van der Waals surface area (Å²) >= 11 is 0. The lowest BCUT2D eigenvalue weighted by Gasteiger charge is -2.29.